The molecule has 0 saturated heterocycles. The molecular formula is C19H16N4O2. The van der Waals surface area contributed by atoms with Crippen molar-refractivity contribution in [3.05, 3.63) is 82.0 Å². The first kappa shape index (κ1) is 16.4. The molecule has 0 radical (unpaired) electrons. The molecule has 1 heterocycles. The molecule has 3 rings (SSSR count). The fourth-order valence-electron chi connectivity index (χ4n) is 2.46. The number of rotatable bonds is 5. The van der Waals surface area contributed by atoms with Crippen molar-refractivity contribution < 1.29 is 4.92 Å². The zero-order valence-electron chi connectivity index (χ0n) is 13.7. The molecule has 1 aromatic heterocycles. The van der Waals surface area contributed by atoms with Gasteiger partial charge in [-0.2, -0.15) is 10.2 Å². The van der Waals surface area contributed by atoms with Crippen LogP contribution in [0, 0.1) is 10.1 Å². The van der Waals surface area contributed by atoms with Crippen molar-refractivity contribution >= 4 is 28.5 Å². The molecular weight excluding hydrogens is 316 g/mol. The molecule has 6 heteroatoms. The minimum absolute atomic E-state index is 0.00954. The average molecular weight is 332 g/mol. The molecule has 0 fully saturated rings. The van der Waals surface area contributed by atoms with Gasteiger partial charge >= 0.3 is 0 Å². The maximum atomic E-state index is 11.0. The lowest BCUT2D eigenvalue weighted by atomic mass is 10.1. The molecule has 3 aromatic rings. The number of hydrogen-bond donors (Lipinski definition) is 0. The van der Waals surface area contributed by atoms with Gasteiger partial charge in [0.1, 0.15) is 0 Å². The number of aromatic nitrogens is 1. The van der Waals surface area contributed by atoms with Gasteiger partial charge in [0.15, 0.2) is 0 Å². The lowest BCUT2D eigenvalue weighted by Crippen LogP contribution is -2.00. The molecule has 0 aliphatic heterocycles. The van der Waals surface area contributed by atoms with Crippen LogP contribution in [0.1, 0.15) is 18.2 Å². The summed E-state index contributed by atoms with van der Waals surface area (Å²) in [6, 6.07) is 18.3. The maximum Gasteiger partial charge on any atom is 0.278 e. The predicted octanol–water partition coefficient (Wildman–Crippen LogP) is 4.18. The summed E-state index contributed by atoms with van der Waals surface area (Å²) in [6.45, 7) is 1.85. The first-order valence-electron chi connectivity index (χ1n) is 7.78. The van der Waals surface area contributed by atoms with Crippen molar-refractivity contribution in [2.75, 3.05) is 0 Å². The fraction of sp³-hybridized carbons (Fsp3) is 0.105. The highest BCUT2D eigenvalue weighted by Gasteiger charge is 2.09. The molecule has 0 atom stereocenters. The van der Waals surface area contributed by atoms with Crippen molar-refractivity contribution in [3.8, 4) is 0 Å². The molecule has 2 aromatic carbocycles. The van der Waals surface area contributed by atoms with Crippen molar-refractivity contribution in [1.29, 1.82) is 0 Å². The third-order valence-electron chi connectivity index (χ3n) is 3.65. The second-order valence-electron chi connectivity index (χ2n) is 5.57. The van der Waals surface area contributed by atoms with E-state index in [-0.39, 0.29) is 5.69 Å². The molecule has 0 aliphatic rings. The summed E-state index contributed by atoms with van der Waals surface area (Å²) in [7, 11) is 0. The zero-order chi connectivity index (χ0) is 17.6. The van der Waals surface area contributed by atoms with Crippen LogP contribution in [-0.2, 0) is 6.42 Å². The normalized spacial score (nSPS) is 12.0. The Labute approximate surface area is 144 Å². The van der Waals surface area contributed by atoms with E-state index < -0.39 is 4.92 Å². The van der Waals surface area contributed by atoms with Gasteiger partial charge in [0, 0.05) is 29.3 Å². The van der Waals surface area contributed by atoms with E-state index in [1.54, 1.807) is 18.2 Å². The molecule has 0 saturated carbocycles. The summed E-state index contributed by atoms with van der Waals surface area (Å²) in [4.78, 5) is 15.1. The van der Waals surface area contributed by atoms with E-state index >= 15 is 0 Å². The smallest absolute Gasteiger partial charge is 0.258 e. The Balaban J connectivity index is 1.74. The summed E-state index contributed by atoms with van der Waals surface area (Å²) >= 11 is 0. The largest absolute Gasteiger partial charge is 0.278 e. The van der Waals surface area contributed by atoms with Crippen LogP contribution < -0.4 is 0 Å². The number of fused-ring (bicyclic) bond motifs is 1. The number of nitro groups is 1. The third kappa shape index (κ3) is 4.11. The molecule has 25 heavy (non-hydrogen) atoms. The van der Waals surface area contributed by atoms with Crippen LogP contribution in [0.25, 0.3) is 10.9 Å². The van der Waals surface area contributed by atoms with Crippen LogP contribution in [0.3, 0.4) is 0 Å². The highest BCUT2D eigenvalue weighted by Crippen LogP contribution is 2.15. The van der Waals surface area contributed by atoms with Gasteiger partial charge in [0.25, 0.3) is 5.69 Å². The average Bonchev–Trinajstić information content (AvgIpc) is 2.62. The van der Waals surface area contributed by atoms with Crippen molar-refractivity contribution in [2.24, 2.45) is 10.2 Å². The first-order valence-corrected chi connectivity index (χ1v) is 7.78. The molecule has 0 bridgehead atoms. The third-order valence-corrected chi connectivity index (χ3v) is 3.65. The second-order valence-corrected chi connectivity index (χ2v) is 5.57. The number of pyridine rings is 1. The summed E-state index contributed by atoms with van der Waals surface area (Å²) in [5.74, 6) is 0. The molecule has 6 nitrogen and oxygen atoms in total. The van der Waals surface area contributed by atoms with Crippen LogP contribution in [-0.4, -0.2) is 21.8 Å². The number of para-hydroxylation sites is 2. The Kier molecular flexibility index (Phi) is 4.89. The van der Waals surface area contributed by atoms with Gasteiger partial charge in [-0.15, -0.1) is 0 Å². The molecule has 124 valence electrons. The maximum absolute atomic E-state index is 11.0. The van der Waals surface area contributed by atoms with Crippen molar-refractivity contribution in [2.45, 2.75) is 13.3 Å². The van der Waals surface area contributed by atoms with Gasteiger partial charge in [0.05, 0.1) is 22.2 Å². The van der Waals surface area contributed by atoms with Gasteiger partial charge in [0.2, 0.25) is 0 Å². The quantitative estimate of drug-likeness (QED) is 0.399. The number of nitrogens with zero attached hydrogens (tertiary/aromatic N) is 4. The Morgan fingerprint density at radius 2 is 1.88 bits per heavy atom. The summed E-state index contributed by atoms with van der Waals surface area (Å²) < 4.78 is 0. The van der Waals surface area contributed by atoms with E-state index in [9.17, 15) is 10.1 Å². The summed E-state index contributed by atoms with van der Waals surface area (Å²) in [5, 5.41) is 20.2. The molecule has 0 aliphatic carbocycles. The van der Waals surface area contributed by atoms with Crippen molar-refractivity contribution in [3.63, 3.8) is 0 Å². The summed E-state index contributed by atoms with van der Waals surface area (Å²) in [5.41, 5.74) is 3.05. The zero-order valence-corrected chi connectivity index (χ0v) is 13.7. The first-order chi connectivity index (χ1) is 12.1. The Hall–Kier alpha value is -3.41. The minimum atomic E-state index is -0.434. The summed E-state index contributed by atoms with van der Waals surface area (Å²) in [6.07, 6.45) is 1.97. The number of nitro benzene ring substituents is 1. The Bertz CT molecular complexity index is 980. The second kappa shape index (κ2) is 7.44. The lowest BCUT2D eigenvalue weighted by molar-refractivity contribution is -0.385. The Morgan fingerprint density at radius 3 is 2.72 bits per heavy atom. The van der Waals surface area contributed by atoms with E-state index in [1.807, 2.05) is 43.3 Å². The number of benzene rings is 2. The SMILES string of the molecule is CC(Cc1ccc2ccccc2n1)=NN=Cc1ccccc1[N+](=O)[O-]. The number of hydrogen-bond acceptors (Lipinski definition) is 5. The molecule has 0 unspecified atom stereocenters. The van der Waals surface area contributed by atoms with E-state index in [4.69, 9.17) is 0 Å². The topological polar surface area (TPSA) is 80.8 Å². The van der Waals surface area contributed by atoms with Gasteiger partial charge in [-0.1, -0.05) is 36.4 Å². The lowest BCUT2D eigenvalue weighted by Gasteiger charge is -2.02. The van der Waals surface area contributed by atoms with Gasteiger partial charge in [-0.3, -0.25) is 15.1 Å². The molecule has 0 N–H and O–H groups in total. The van der Waals surface area contributed by atoms with Crippen LogP contribution in [0.4, 0.5) is 5.69 Å². The highest BCUT2D eigenvalue weighted by atomic mass is 16.6. The van der Waals surface area contributed by atoms with Crippen molar-refractivity contribution in [1.82, 2.24) is 4.98 Å². The van der Waals surface area contributed by atoms with Crippen LogP contribution in [0.5, 0.6) is 0 Å². The van der Waals surface area contributed by atoms with E-state index in [0.29, 0.717) is 12.0 Å². The minimum Gasteiger partial charge on any atom is -0.258 e. The van der Waals surface area contributed by atoms with Gasteiger partial charge in [-0.05, 0) is 25.1 Å². The van der Waals surface area contributed by atoms with Crippen LogP contribution in [0.15, 0.2) is 70.9 Å². The highest BCUT2D eigenvalue weighted by molar-refractivity contribution is 5.88. The van der Waals surface area contributed by atoms with E-state index in [1.165, 1.54) is 12.3 Å². The van der Waals surface area contributed by atoms with Crippen LogP contribution in [0.2, 0.25) is 0 Å². The van der Waals surface area contributed by atoms with E-state index in [0.717, 1.165) is 22.3 Å². The van der Waals surface area contributed by atoms with Crippen LogP contribution >= 0.6 is 0 Å². The molecule has 0 amide bonds. The molecule has 0 spiro atoms. The predicted molar refractivity (Wildman–Crippen MR) is 99.2 cm³/mol. The fourth-order valence-corrected chi connectivity index (χ4v) is 2.46. The standard InChI is InChI=1S/C19H16N4O2/c1-14(12-17-11-10-15-6-2-4-8-18(15)21-17)22-20-13-16-7-3-5-9-19(16)23(24)25/h2-11,13H,12H2,1H3. The van der Waals surface area contributed by atoms with Gasteiger partial charge in [-0.25, -0.2) is 0 Å². The monoisotopic (exact) mass is 332 g/mol. The Morgan fingerprint density at radius 1 is 1.12 bits per heavy atom. The van der Waals surface area contributed by atoms with E-state index in [2.05, 4.69) is 15.2 Å². The van der Waals surface area contributed by atoms with Gasteiger partial charge < -0.3 is 0 Å².